The fourth-order valence-corrected chi connectivity index (χ4v) is 5.31. The molecule has 1 aliphatic rings. The number of esters is 1. The Balaban J connectivity index is 0.000000872. The summed E-state index contributed by atoms with van der Waals surface area (Å²) in [6, 6.07) is 11.5. The van der Waals surface area contributed by atoms with E-state index >= 15 is 0 Å². The fraction of sp³-hybridized carbons (Fsp3) is 0.441. The van der Waals surface area contributed by atoms with Gasteiger partial charge in [-0.15, -0.1) is 0 Å². The van der Waals surface area contributed by atoms with E-state index in [9.17, 15) is 37.1 Å². The second kappa shape index (κ2) is 18.1. The van der Waals surface area contributed by atoms with Gasteiger partial charge in [-0.1, -0.05) is 26.3 Å². The molecule has 0 bridgehead atoms. The minimum atomic E-state index is -5.08. The number of carbonyl (C=O) groups is 4. The van der Waals surface area contributed by atoms with Crippen LogP contribution < -0.4 is 14.8 Å². The Bertz CT molecular complexity index is 1620. The van der Waals surface area contributed by atoms with Gasteiger partial charge in [0.2, 0.25) is 0 Å². The molecular weight excluding hydrogens is 668 g/mol. The molecule has 16 heteroatoms. The number of carboxylic acids is 2. The fourth-order valence-electron chi connectivity index (χ4n) is 5.31. The monoisotopic (exact) mass is 708 g/mol. The van der Waals surface area contributed by atoms with Crippen molar-refractivity contribution in [2.24, 2.45) is 5.92 Å². The molecule has 1 atom stereocenters. The number of nitrogens with zero attached hydrogens (tertiary/aromatic N) is 3. The summed E-state index contributed by atoms with van der Waals surface area (Å²) in [5.74, 6) is -4.45. The molecule has 1 fully saturated rings. The number of hydrogen-bond donors (Lipinski definition) is 3. The van der Waals surface area contributed by atoms with E-state index < -0.39 is 41.9 Å². The van der Waals surface area contributed by atoms with Crippen molar-refractivity contribution in [1.82, 2.24) is 20.0 Å². The Morgan fingerprint density at radius 2 is 1.60 bits per heavy atom. The molecule has 3 aromatic rings. The lowest BCUT2D eigenvalue weighted by atomic mass is 10.0. The van der Waals surface area contributed by atoms with Crippen LogP contribution in [0.25, 0.3) is 16.9 Å². The summed E-state index contributed by atoms with van der Waals surface area (Å²) in [6.07, 6.45) is -1.21. The zero-order chi connectivity index (χ0) is 37.0. The minimum Gasteiger partial charge on any atom is -0.496 e. The van der Waals surface area contributed by atoms with Crippen LogP contribution in [0.4, 0.5) is 17.6 Å². The highest BCUT2D eigenvalue weighted by molar-refractivity contribution is 5.95. The van der Waals surface area contributed by atoms with Gasteiger partial charge >= 0.3 is 24.1 Å². The Morgan fingerprint density at radius 1 is 0.980 bits per heavy atom. The lowest BCUT2D eigenvalue weighted by Gasteiger charge is -2.25. The molecule has 1 amide bonds. The van der Waals surface area contributed by atoms with Gasteiger partial charge in [-0.25, -0.2) is 13.9 Å². The number of methoxy groups -OCH3 is 1. The quantitative estimate of drug-likeness (QED) is 0.114. The number of nitrogens with one attached hydrogen (secondary N) is 1. The van der Waals surface area contributed by atoms with Gasteiger partial charge < -0.3 is 29.9 Å². The first-order valence-corrected chi connectivity index (χ1v) is 15.9. The van der Waals surface area contributed by atoms with E-state index in [2.05, 4.69) is 15.3 Å². The number of benzene rings is 2. The average Bonchev–Trinajstić information content (AvgIpc) is 3.49. The molecule has 3 N–H and O–H groups in total. The van der Waals surface area contributed by atoms with Crippen LogP contribution in [0.2, 0.25) is 0 Å². The Hall–Kier alpha value is -4.99. The second-order valence-corrected chi connectivity index (χ2v) is 12.0. The zero-order valence-electron chi connectivity index (χ0n) is 27.8. The summed E-state index contributed by atoms with van der Waals surface area (Å²) in [7, 11) is 1.48. The highest BCUT2D eigenvalue weighted by Crippen LogP contribution is 2.40. The molecule has 1 aromatic heterocycles. The molecule has 272 valence electrons. The summed E-state index contributed by atoms with van der Waals surface area (Å²) in [5.41, 5.74) is 1.21. The number of aromatic nitrogens is 2. The number of alkyl halides is 3. The molecule has 0 saturated carbocycles. The number of hydrogen-bond acceptors (Lipinski definition) is 8. The minimum absolute atomic E-state index is 0.00625. The third-order valence-corrected chi connectivity index (χ3v) is 7.54. The highest BCUT2D eigenvalue weighted by Gasteiger charge is 2.38. The predicted molar refractivity (Wildman–Crippen MR) is 173 cm³/mol. The molecule has 50 heavy (non-hydrogen) atoms. The molecule has 12 nitrogen and oxygen atoms in total. The average molecular weight is 709 g/mol. The zero-order valence-corrected chi connectivity index (χ0v) is 27.8. The Kier molecular flexibility index (Phi) is 14.3. The van der Waals surface area contributed by atoms with Gasteiger partial charge in [0.05, 0.1) is 36.9 Å². The number of ether oxygens (including phenoxy) is 2. The lowest BCUT2D eigenvalue weighted by molar-refractivity contribution is -0.192. The van der Waals surface area contributed by atoms with E-state index in [1.807, 2.05) is 13.8 Å². The number of carboxylic acid groups (broad SMARTS) is 2. The first kappa shape index (κ1) is 39.4. The summed E-state index contributed by atoms with van der Waals surface area (Å²) in [5, 5.41) is 23.8. The van der Waals surface area contributed by atoms with Gasteiger partial charge in [0.25, 0.3) is 5.91 Å². The number of aliphatic carboxylic acids is 2. The molecule has 1 aliphatic heterocycles. The largest absolute Gasteiger partial charge is 0.496 e. The highest BCUT2D eigenvalue weighted by atomic mass is 19.4. The maximum Gasteiger partial charge on any atom is 0.490 e. The van der Waals surface area contributed by atoms with Gasteiger partial charge in [-0.3, -0.25) is 14.4 Å². The smallest absolute Gasteiger partial charge is 0.490 e. The Morgan fingerprint density at radius 3 is 2.16 bits per heavy atom. The standard InChI is InChI=1S/C32H39FN4O6.C2HF3O2/c1-21(2)18-23(19-29(38)39)34-32(41)25-20-26(37(35-25)24-12-10-22(33)11-13-24)31-27(42-3)8-7-9-28(31)43-30(40)14-17-36-15-5-4-6-16-36;3-2(4,5)1(6)7/h7-13,20-21,23H,4-6,14-19H2,1-3H3,(H,34,41)(H,38,39);(H,6,7)/t23-;/m0./s1. The molecule has 0 aliphatic carbocycles. The van der Waals surface area contributed by atoms with Crippen LogP contribution in [0, 0.1) is 11.7 Å². The van der Waals surface area contributed by atoms with Crippen LogP contribution in [0.1, 0.15) is 62.9 Å². The molecular formula is C34H40F4N4O8. The normalized spacial score (nSPS) is 13.9. The van der Waals surface area contributed by atoms with Crippen LogP contribution in [0.5, 0.6) is 11.5 Å². The van der Waals surface area contributed by atoms with Crippen molar-refractivity contribution >= 4 is 23.8 Å². The number of carbonyl (C=O) groups excluding carboxylic acids is 2. The number of piperidine rings is 1. The molecule has 0 spiro atoms. The van der Waals surface area contributed by atoms with E-state index in [-0.39, 0.29) is 30.2 Å². The van der Waals surface area contributed by atoms with E-state index in [1.54, 1.807) is 18.2 Å². The van der Waals surface area contributed by atoms with Crippen molar-refractivity contribution in [2.45, 2.75) is 64.6 Å². The van der Waals surface area contributed by atoms with E-state index in [4.69, 9.17) is 19.4 Å². The van der Waals surface area contributed by atoms with Crippen molar-refractivity contribution in [3.05, 3.63) is 60.0 Å². The van der Waals surface area contributed by atoms with Crippen molar-refractivity contribution in [3.8, 4) is 28.4 Å². The van der Waals surface area contributed by atoms with E-state index in [1.165, 1.54) is 48.5 Å². The molecule has 1 saturated heterocycles. The number of likely N-dealkylation sites (tertiary alicyclic amines) is 1. The van der Waals surface area contributed by atoms with Gasteiger partial charge in [-0.05, 0) is 80.7 Å². The van der Waals surface area contributed by atoms with Crippen molar-refractivity contribution in [1.29, 1.82) is 0 Å². The SMILES string of the molecule is COc1cccc(OC(=O)CCN2CCCCC2)c1-c1cc(C(=O)N[C@H](CC(=O)O)CC(C)C)nn1-c1ccc(F)cc1.O=C(O)C(F)(F)F. The maximum atomic E-state index is 13.8. The van der Waals surface area contributed by atoms with Crippen LogP contribution in [-0.4, -0.2) is 87.7 Å². The van der Waals surface area contributed by atoms with Crippen molar-refractivity contribution in [3.63, 3.8) is 0 Å². The molecule has 0 unspecified atom stereocenters. The van der Waals surface area contributed by atoms with Crippen LogP contribution in [-0.2, 0) is 14.4 Å². The molecule has 2 aromatic carbocycles. The third-order valence-electron chi connectivity index (χ3n) is 7.54. The molecule has 0 radical (unpaired) electrons. The number of amides is 1. The van der Waals surface area contributed by atoms with Crippen LogP contribution in [0.3, 0.4) is 0 Å². The van der Waals surface area contributed by atoms with Crippen molar-refractivity contribution < 1.29 is 56.4 Å². The van der Waals surface area contributed by atoms with Crippen molar-refractivity contribution in [2.75, 3.05) is 26.7 Å². The van der Waals surface area contributed by atoms with Crippen LogP contribution in [0.15, 0.2) is 48.5 Å². The van der Waals surface area contributed by atoms with Crippen LogP contribution >= 0.6 is 0 Å². The maximum absolute atomic E-state index is 13.8. The van der Waals surface area contributed by atoms with E-state index in [0.717, 1.165) is 25.9 Å². The van der Waals surface area contributed by atoms with Gasteiger partial charge in [0.1, 0.15) is 17.3 Å². The summed E-state index contributed by atoms with van der Waals surface area (Å²) in [6.45, 7) is 6.41. The topological polar surface area (TPSA) is 160 Å². The third kappa shape index (κ3) is 11.9. The number of rotatable bonds is 13. The first-order chi connectivity index (χ1) is 23.6. The van der Waals surface area contributed by atoms with Gasteiger partial charge in [-0.2, -0.15) is 18.3 Å². The summed E-state index contributed by atoms with van der Waals surface area (Å²) in [4.78, 5) is 49.0. The Labute approximate surface area is 286 Å². The van der Waals surface area contributed by atoms with E-state index in [0.29, 0.717) is 35.7 Å². The molecule has 2 heterocycles. The van der Waals surface area contributed by atoms with Gasteiger partial charge in [0.15, 0.2) is 5.69 Å². The summed E-state index contributed by atoms with van der Waals surface area (Å²) >= 11 is 0. The number of halogens is 4. The summed E-state index contributed by atoms with van der Waals surface area (Å²) < 4.78 is 58.5. The predicted octanol–water partition coefficient (Wildman–Crippen LogP) is 5.72. The van der Waals surface area contributed by atoms with Gasteiger partial charge in [0, 0.05) is 12.6 Å². The molecule has 4 rings (SSSR count). The first-order valence-electron chi connectivity index (χ1n) is 15.9. The second-order valence-electron chi connectivity index (χ2n) is 12.0. The lowest BCUT2D eigenvalue weighted by Crippen LogP contribution is -2.37.